The molecule has 3 heterocycles. The summed E-state index contributed by atoms with van der Waals surface area (Å²) < 4.78 is 0. The summed E-state index contributed by atoms with van der Waals surface area (Å²) in [6, 6.07) is 12.5. The van der Waals surface area contributed by atoms with Gasteiger partial charge in [0.15, 0.2) is 6.29 Å². The number of hydrogen-bond donors (Lipinski definition) is 0. The second kappa shape index (κ2) is 7.71. The lowest BCUT2D eigenvalue weighted by molar-refractivity contribution is 0.112. The van der Waals surface area contributed by atoms with Crippen molar-refractivity contribution < 1.29 is 4.79 Å². The molecule has 1 aliphatic heterocycles. The van der Waals surface area contributed by atoms with E-state index in [4.69, 9.17) is 9.97 Å². The number of hydrogen-bond acceptors (Lipinski definition) is 5. The zero-order chi connectivity index (χ0) is 18.8. The van der Waals surface area contributed by atoms with E-state index in [2.05, 4.69) is 49.1 Å². The smallest absolute Gasteiger partial charge is 0.160 e. The Labute approximate surface area is 163 Å². The van der Waals surface area contributed by atoms with E-state index in [-0.39, 0.29) is 5.92 Å². The average molecular weight is 378 g/mol. The number of carbonyl (C=O) groups is 1. The standard InChI is InChI=1S/C22H23N3OS/c1-15(2)22-23-20-12-25(11-16-6-4-3-5-7-16)9-8-19(20)21(24-22)17-10-18(13-26)27-14-17/h3-7,10,13-15H,8-9,11-12H2,1-2H3. The van der Waals surface area contributed by atoms with E-state index >= 15 is 0 Å². The zero-order valence-electron chi connectivity index (χ0n) is 15.7. The fourth-order valence-electron chi connectivity index (χ4n) is 3.52. The lowest BCUT2D eigenvalue weighted by atomic mass is 9.98. The highest BCUT2D eigenvalue weighted by atomic mass is 32.1. The van der Waals surface area contributed by atoms with Crippen LogP contribution in [0.3, 0.4) is 0 Å². The number of aldehydes is 1. The zero-order valence-corrected chi connectivity index (χ0v) is 16.5. The normalized spacial score (nSPS) is 14.3. The maximum absolute atomic E-state index is 11.1. The summed E-state index contributed by atoms with van der Waals surface area (Å²) in [6.45, 7) is 7.01. The number of nitrogens with zero attached hydrogens (tertiary/aromatic N) is 3. The minimum absolute atomic E-state index is 0.266. The lowest BCUT2D eigenvalue weighted by Crippen LogP contribution is -2.32. The van der Waals surface area contributed by atoms with Gasteiger partial charge in [-0.15, -0.1) is 11.3 Å². The van der Waals surface area contributed by atoms with Crippen LogP contribution in [0.1, 0.15) is 52.1 Å². The van der Waals surface area contributed by atoms with Gasteiger partial charge in [-0.05, 0) is 18.1 Å². The Morgan fingerprint density at radius 1 is 1.22 bits per heavy atom. The summed E-state index contributed by atoms with van der Waals surface area (Å²) in [6.07, 6.45) is 1.84. The Bertz CT molecular complexity index is 949. The predicted molar refractivity (Wildman–Crippen MR) is 109 cm³/mol. The minimum Gasteiger partial charge on any atom is -0.297 e. The molecule has 1 aromatic carbocycles. The van der Waals surface area contributed by atoms with Crippen molar-refractivity contribution in [1.82, 2.24) is 14.9 Å². The third-order valence-corrected chi connectivity index (χ3v) is 5.79. The first-order valence-corrected chi connectivity index (χ1v) is 10.2. The Hall–Kier alpha value is -2.37. The second-order valence-corrected chi connectivity index (χ2v) is 8.26. The largest absolute Gasteiger partial charge is 0.297 e. The van der Waals surface area contributed by atoms with Gasteiger partial charge in [-0.2, -0.15) is 0 Å². The van der Waals surface area contributed by atoms with Gasteiger partial charge in [0.05, 0.1) is 16.3 Å². The van der Waals surface area contributed by atoms with Crippen molar-refractivity contribution in [3.05, 3.63) is 69.3 Å². The van der Waals surface area contributed by atoms with E-state index in [1.807, 2.05) is 11.4 Å². The quantitative estimate of drug-likeness (QED) is 0.605. The monoisotopic (exact) mass is 377 g/mol. The number of carbonyl (C=O) groups excluding carboxylic acids is 1. The fraction of sp³-hybridized carbons (Fsp3) is 0.318. The first-order chi connectivity index (χ1) is 13.1. The molecule has 1 aliphatic rings. The van der Waals surface area contributed by atoms with Crippen LogP contribution in [-0.4, -0.2) is 27.7 Å². The van der Waals surface area contributed by atoms with Gasteiger partial charge >= 0.3 is 0 Å². The van der Waals surface area contributed by atoms with Crippen LogP contribution < -0.4 is 0 Å². The van der Waals surface area contributed by atoms with Gasteiger partial charge in [0.1, 0.15) is 5.82 Å². The van der Waals surface area contributed by atoms with Gasteiger partial charge in [-0.3, -0.25) is 9.69 Å². The Balaban J connectivity index is 1.68. The highest BCUT2D eigenvalue weighted by Crippen LogP contribution is 2.32. The molecule has 0 bridgehead atoms. The molecule has 0 saturated heterocycles. The predicted octanol–water partition coefficient (Wildman–Crippen LogP) is 4.70. The van der Waals surface area contributed by atoms with Crippen LogP contribution in [0.15, 0.2) is 41.8 Å². The molecule has 0 unspecified atom stereocenters. The van der Waals surface area contributed by atoms with E-state index in [1.165, 1.54) is 22.5 Å². The fourth-order valence-corrected chi connectivity index (χ4v) is 4.21. The average Bonchev–Trinajstić information content (AvgIpc) is 3.17. The number of rotatable bonds is 5. The molecule has 2 aromatic heterocycles. The molecule has 0 fully saturated rings. The highest BCUT2D eigenvalue weighted by Gasteiger charge is 2.24. The van der Waals surface area contributed by atoms with Crippen molar-refractivity contribution in [3.63, 3.8) is 0 Å². The molecular weight excluding hydrogens is 354 g/mol. The van der Waals surface area contributed by atoms with Crippen LogP contribution in [0.25, 0.3) is 11.3 Å². The number of thiophene rings is 1. The molecule has 0 spiro atoms. The molecule has 138 valence electrons. The summed E-state index contributed by atoms with van der Waals surface area (Å²) in [5.41, 5.74) is 5.74. The Kier molecular flexibility index (Phi) is 5.14. The maximum atomic E-state index is 11.1. The van der Waals surface area contributed by atoms with E-state index < -0.39 is 0 Å². The van der Waals surface area contributed by atoms with Crippen molar-refractivity contribution in [1.29, 1.82) is 0 Å². The molecule has 0 amide bonds. The maximum Gasteiger partial charge on any atom is 0.160 e. The van der Waals surface area contributed by atoms with E-state index in [0.717, 1.165) is 60.0 Å². The van der Waals surface area contributed by atoms with Crippen molar-refractivity contribution in [2.45, 2.75) is 39.3 Å². The summed E-state index contributed by atoms with van der Waals surface area (Å²) in [5, 5.41) is 2.03. The topological polar surface area (TPSA) is 46.1 Å². The first-order valence-electron chi connectivity index (χ1n) is 9.34. The van der Waals surface area contributed by atoms with Gasteiger partial charge in [0.2, 0.25) is 0 Å². The molecule has 4 rings (SSSR count). The van der Waals surface area contributed by atoms with Crippen LogP contribution in [-0.2, 0) is 19.5 Å². The van der Waals surface area contributed by atoms with Crippen LogP contribution in [0.5, 0.6) is 0 Å². The molecule has 0 aliphatic carbocycles. The summed E-state index contributed by atoms with van der Waals surface area (Å²) in [7, 11) is 0. The summed E-state index contributed by atoms with van der Waals surface area (Å²) in [5.74, 6) is 1.15. The molecule has 0 saturated carbocycles. The van der Waals surface area contributed by atoms with Crippen LogP contribution >= 0.6 is 11.3 Å². The SMILES string of the molecule is CC(C)c1nc2c(c(-c3csc(C=O)c3)n1)CCN(Cc1ccccc1)C2. The van der Waals surface area contributed by atoms with Crippen LogP contribution in [0.2, 0.25) is 0 Å². The van der Waals surface area contributed by atoms with E-state index in [9.17, 15) is 4.79 Å². The summed E-state index contributed by atoms with van der Waals surface area (Å²) >= 11 is 1.47. The van der Waals surface area contributed by atoms with Crippen molar-refractivity contribution in [2.75, 3.05) is 6.54 Å². The number of benzene rings is 1. The van der Waals surface area contributed by atoms with Gasteiger partial charge in [0.25, 0.3) is 0 Å². The van der Waals surface area contributed by atoms with Crippen LogP contribution in [0, 0.1) is 0 Å². The molecule has 0 atom stereocenters. The van der Waals surface area contributed by atoms with Gasteiger partial charge in [0, 0.05) is 42.1 Å². The first kappa shape index (κ1) is 18.0. The summed E-state index contributed by atoms with van der Waals surface area (Å²) in [4.78, 5) is 24.1. The molecular formula is C22H23N3OS. The third-order valence-electron chi connectivity index (χ3n) is 4.94. The molecule has 5 heteroatoms. The molecule has 4 nitrogen and oxygen atoms in total. The van der Waals surface area contributed by atoms with E-state index in [1.54, 1.807) is 0 Å². The van der Waals surface area contributed by atoms with Crippen molar-refractivity contribution in [2.24, 2.45) is 0 Å². The third kappa shape index (κ3) is 3.84. The van der Waals surface area contributed by atoms with Crippen molar-refractivity contribution in [3.8, 4) is 11.3 Å². The minimum atomic E-state index is 0.266. The highest BCUT2D eigenvalue weighted by molar-refractivity contribution is 7.12. The number of fused-ring (bicyclic) bond motifs is 1. The second-order valence-electron chi connectivity index (χ2n) is 7.31. The van der Waals surface area contributed by atoms with E-state index in [0.29, 0.717) is 0 Å². The van der Waals surface area contributed by atoms with Crippen LogP contribution in [0.4, 0.5) is 0 Å². The molecule has 0 N–H and O–H groups in total. The lowest BCUT2D eigenvalue weighted by Gasteiger charge is -2.29. The Morgan fingerprint density at radius 2 is 2.04 bits per heavy atom. The Morgan fingerprint density at radius 3 is 2.74 bits per heavy atom. The molecule has 0 radical (unpaired) electrons. The van der Waals surface area contributed by atoms with Gasteiger partial charge < -0.3 is 0 Å². The molecule has 27 heavy (non-hydrogen) atoms. The number of aromatic nitrogens is 2. The van der Waals surface area contributed by atoms with Gasteiger partial charge in [-0.1, -0.05) is 44.2 Å². The van der Waals surface area contributed by atoms with Crippen molar-refractivity contribution >= 4 is 17.6 Å². The van der Waals surface area contributed by atoms with Gasteiger partial charge in [-0.25, -0.2) is 9.97 Å². The molecule has 3 aromatic rings.